The average Bonchev–Trinajstić information content (AvgIpc) is 3.39. The van der Waals surface area contributed by atoms with Gasteiger partial charge < -0.3 is 9.26 Å². The highest BCUT2D eigenvalue weighted by molar-refractivity contribution is 5.96. The molecule has 5 rings (SSSR count). The van der Waals surface area contributed by atoms with Crippen molar-refractivity contribution in [2.45, 2.75) is 13.3 Å². The third-order valence-corrected chi connectivity index (χ3v) is 4.23. The number of ether oxygens (including phenoxy) is 1. The molecule has 8 nitrogen and oxygen atoms in total. The minimum atomic E-state index is -0.751. The molecule has 0 atom stereocenters. The lowest BCUT2D eigenvalue weighted by Gasteiger charge is -2.09. The Labute approximate surface area is 157 Å². The number of halogens is 1. The van der Waals surface area contributed by atoms with Gasteiger partial charge >= 0.3 is 0 Å². The van der Waals surface area contributed by atoms with Crippen LogP contribution in [0, 0.1) is 0 Å². The summed E-state index contributed by atoms with van der Waals surface area (Å²) in [5.74, 6) is 0.857. The van der Waals surface area contributed by atoms with Crippen molar-refractivity contribution in [1.82, 2.24) is 30.0 Å². The summed E-state index contributed by atoms with van der Waals surface area (Å²) < 4.78 is 25.2. The maximum Gasteiger partial charge on any atom is 0.240 e. The van der Waals surface area contributed by atoms with Crippen LogP contribution in [0.1, 0.15) is 11.5 Å². The summed E-state index contributed by atoms with van der Waals surface area (Å²) in [5.41, 5.74) is 1.67. The van der Waals surface area contributed by atoms with E-state index in [2.05, 4.69) is 25.4 Å². The van der Waals surface area contributed by atoms with E-state index in [1.165, 1.54) is 10.6 Å². The van der Waals surface area contributed by atoms with Crippen molar-refractivity contribution < 1.29 is 13.7 Å². The van der Waals surface area contributed by atoms with Crippen LogP contribution in [0.4, 0.5) is 4.39 Å². The van der Waals surface area contributed by atoms with Crippen molar-refractivity contribution >= 4 is 16.4 Å². The van der Waals surface area contributed by atoms with Gasteiger partial charge in [0.2, 0.25) is 11.7 Å². The molecular weight excluding hydrogens is 363 g/mol. The molecule has 5 aromatic rings. The Morgan fingerprint density at radius 2 is 1.89 bits per heavy atom. The monoisotopic (exact) mass is 376 g/mol. The summed E-state index contributed by atoms with van der Waals surface area (Å²) in [6, 6.07) is 14.7. The van der Waals surface area contributed by atoms with Gasteiger partial charge in [-0.3, -0.25) is 4.98 Å². The summed E-state index contributed by atoms with van der Waals surface area (Å²) in [7, 11) is 0. The molecule has 0 aliphatic carbocycles. The predicted octanol–water partition coefficient (Wildman–Crippen LogP) is 3.38. The van der Waals surface area contributed by atoms with Crippen molar-refractivity contribution in [1.29, 1.82) is 0 Å². The Balaban J connectivity index is 1.64. The highest BCUT2D eigenvalue weighted by Crippen LogP contribution is 2.29. The van der Waals surface area contributed by atoms with Gasteiger partial charge in [-0.15, -0.1) is 15.3 Å². The number of benzene rings is 1. The zero-order chi connectivity index (χ0) is 18.9. The van der Waals surface area contributed by atoms with Crippen LogP contribution in [0.15, 0.2) is 59.3 Å². The second kappa shape index (κ2) is 6.69. The number of fused-ring (bicyclic) bond motifs is 3. The number of pyridine rings is 1. The standard InChI is InChI=1S/C19H13FN6O2/c20-10-13-9-16(25-28-13)18-23-22-17-14-6-1-2-7-15(14)19(24-26(17)18)27-11-12-5-3-4-8-21-12/h1-9H,10-11H2. The molecule has 0 saturated heterocycles. The van der Waals surface area contributed by atoms with E-state index in [0.717, 1.165) is 16.5 Å². The molecule has 0 aliphatic heterocycles. The molecule has 0 fully saturated rings. The largest absolute Gasteiger partial charge is 0.470 e. The highest BCUT2D eigenvalue weighted by Gasteiger charge is 2.19. The molecule has 4 heterocycles. The number of hydrogen-bond acceptors (Lipinski definition) is 7. The second-order valence-corrected chi connectivity index (χ2v) is 6.03. The third kappa shape index (κ3) is 2.73. The molecule has 0 amide bonds. The first-order valence-corrected chi connectivity index (χ1v) is 8.52. The molecule has 0 saturated carbocycles. The second-order valence-electron chi connectivity index (χ2n) is 6.03. The number of aromatic nitrogens is 6. The summed E-state index contributed by atoms with van der Waals surface area (Å²) in [5, 5.41) is 18.4. The van der Waals surface area contributed by atoms with E-state index in [1.807, 2.05) is 42.5 Å². The molecule has 0 aliphatic rings. The lowest BCUT2D eigenvalue weighted by Crippen LogP contribution is -2.04. The molecule has 9 heteroatoms. The first-order valence-electron chi connectivity index (χ1n) is 8.52. The lowest BCUT2D eigenvalue weighted by atomic mass is 10.2. The summed E-state index contributed by atoms with van der Waals surface area (Å²) in [6.45, 7) is -0.491. The van der Waals surface area contributed by atoms with Crippen molar-refractivity contribution in [3.63, 3.8) is 0 Å². The smallest absolute Gasteiger partial charge is 0.240 e. The lowest BCUT2D eigenvalue weighted by molar-refractivity contribution is 0.289. The van der Waals surface area contributed by atoms with E-state index < -0.39 is 6.67 Å². The fraction of sp³-hybridized carbons (Fsp3) is 0.105. The molecule has 0 N–H and O–H groups in total. The molecule has 0 spiro atoms. The van der Waals surface area contributed by atoms with E-state index in [1.54, 1.807) is 6.20 Å². The molecule has 0 unspecified atom stereocenters. The predicted molar refractivity (Wildman–Crippen MR) is 97.2 cm³/mol. The summed E-state index contributed by atoms with van der Waals surface area (Å²) in [6.07, 6.45) is 1.71. The maximum atomic E-state index is 12.8. The van der Waals surface area contributed by atoms with Crippen molar-refractivity contribution in [2.75, 3.05) is 0 Å². The quantitative estimate of drug-likeness (QED) is 0.464. The average molecular weight is 376 g/mol. The van der Waals surface area contributed by atoms with Crippen LogP contribution in [0.25, 0.3) is 27.9 Å². The van der Waals surface area contributed by atoms with Gasteiger partial charge in [-0.2, -0.15) is 4.52 Å². The number of nitrogens with zero attached hydrogens (tertiary/aromatic N) is 6. The van der Waals surface area contributed by atoms with Crippen LogP contribution in [0.3, 0.4) is 0 Å². The van der Waals surface area contributed by atoms with E-state index in [4.69, 9.17) is 9.26 Å². The summed E-state index contributed by atoms with van der Waals surface area (Å²) >= 11 is 0. The van der Waals surface area contributed by atoms with Crippen LogP contribution in [-0.2, 0) is 13.3 Å². The molecular formula is C19H13FN6O2. The minimum Gasteiger partial charge on any atom is -0.470 e. The topological polar surface area (TPSA) is 91.2 Å². The molecule has 4 aromatic heterocycles. The Kier molecular flexibility index (Phi) is 3.90. The van der Waals surface area contributed by atoms with Gasteiger partial charge in [0.15, 0.2) is 17.1 Å². The van der Waals surface area contributed by atoms with Crippen LogP contribution < -0.4 is 4.74 Å². The van der Waals surface area contributed by atoms with Crippen molar-refractivity contribution in [3.8, 4) is 17.4 Å². The van der Waals surface area contributed by atoms with Crippen LogP contribution >= 0.6 is 0 Å². The Hall–Kier alpha value is -3.88. The zero-order valence-electron chi connectivity index (χ0n) is 14.5. The third-order valence-electron chi connectivity index (χ3n) is 4.23. The molecule has 0 bridgehead atoms. The van der Waals surface area contributed by atoms with Gasteiger partial charge in [-0.05, 0) is 18.2 Å². The fourth-order valence-corrected chi connectivity index (χ4v) is 2.93. The van der Waals surface area contributed by atoms with Gasteiger partial charge in [0, 0.05) is 23.0 Å². The van der Waals surface area contributed by atoms with Crippen molar-refractivity contribution in [2.24, 2.45) is 0 Å². The van der Waals surface area contributed by atoms with Crippen molar-refractivity contribution in [3.05, 3.63) is 66.2 Å². The maximum absolute atomic E-state index is 12.8. The Morgan fingerprint density at radius 3 is 2.68 bits per heavy atom. The SMILES string of the molecule is FCc1cc(-c2nnc3c4ccccc4c(OCc4ccccn4)nn23)no1. The first kappa shape index (κ1) is 16.3. The first-order chi connectivity index (χ1) is 13.8. The number of hydrogen-bond donors (Lipinski definition) is 0. The number of rotatable bonds is 5. The molecule has 0 radical (unpaired) electrons. The molecule has 1 aromatic carbocycles. The number of alkyl halides is 1. The van der Waals surface area contributed by atoms with Gasteiger partial charge in [-0.1, -0.05) is 29.4 Å². The minimum absolute atomic E-state index is 0.110. The normalized spacial score (nSPS) is 11.3. The Bertz CT molecular complexity index is 1270. The van der Waals surface area contributed by atoms with Gasteiger partial charge in [0.1, 0.15) is 13.3 Å². The highest BCUT2D eigenvalue weighted by atomic mass is 19.1. The van der Waals surface area contributed by atoms with E-state index >= 15 is 0 Å². The molecule has 28 heavy (non-hydrogen) atoms. The van der Waals surface area contributed by atoms with Gasteiger partial charge in [-0.25, -0.2) is 4.39 Å². The fourth-order valence-electron chi connectivity index (χ4n) is 2.93. The zero-order valence-corrected chi connectivity index (χ0v) is 14.5. The molecule has 138 valence electrons. The van der Waals surface area contributed by atoms with Crippen LogP contribution in [0.2, 0.25) is 0 Å². The van der Waals surface area contributed by atoms with Gasteiger partial charge in [0.05, 0.1) is 5.69 Å². The van der Waals surface area contributed by atoms with Gasteiger partial charge in [0.25, 0.3) is 0 Å². The van der Waals surface area contributed by atoms with E-state index in [9.17, 15) is 4.39 Å². The van der Waals surface area contributed by atoms with Crippen LogP contribution in [0.5, 0.6) is 5.88 Å². The van der Waals surface area contributed by atoms with Crippen LogP contribution in [-0.4, -0.2) is 30.0 Å². The van der Waals surface area contributed by atoms with E-state index in [-0.39, 0.29) is 12.4 Å². The summed E-state index contributed by atoms with van der Waals surface area (Å²) in [4.78, 5) is 4.26. The Morgan fingerprint density at radius 1 is 1.04 bits per heavy atom. The van der Waals surface area contributed by atoms with E-state index in [0.29, 0.717) is 23.0 Å².